The fraction of sp³-hybridized carbons (Fsp3) is 0.516. The van der Waals surface area contributed by atoms with Crippen LogP contribution in [0.3, 0.4) is 0 Å². The quantitative estimate of drug-likeness (QED) is 0.392. The second-order valence-corrected chi connectivity index (χ2v) is 14.7. The van der Waals surface area contributed by atoms with Crippen molar-refractivity contribution < 1.29 is 28.2 Å². The predicted molar refractivity (Wildman–Crippen MR) is 158 cm³/mol. The number of nitrogens with one attached hydrogen (secondary N) is 1. The first-order chi connectivity index (χ1) is 19.6. The van der Waals surface area contributed by atoms with Gasteiger partial charge in [0.1, 0.15) is 11.0 Å². The molecule has 4 aliphatic rings. The van der Waals surface area contributed by atoms with Gasteiger partial charge in [0.25, 0.3) is 5.91 Å². The van der Waals surface area contributed by atoms with Gasteiger partial charge in [-0.3, -0.25) is 4.79 Å². The summed E-state index contributed by atoms with van der Waals surface area (Å²) in [5.74, 6) is 0.164. The molecule has 220 valence electrons. The van der Waals surface area contributed by atoms with Crippen molar-refractivity contribution in [3.8, 4) is 5.75 Å². The van der Waals surface area contributed by atoms with E-state index in [1.807, 2.05) is 6.07 Å². The van der Waals surface area contributed by atoms with E-state index in [0.717, 1.165) is 42.8 Å². The zero-order valence-corrected chi connectivity index (χ0v) is 24.7. The number of aliphatic hydroxyl groups is 2. The zero-order chi connectivity index (χ0) is 28.9. The molecule has 0 unspecified atom stereocenters. The summed E-state index contributed by atoms with van der Waals surface area (Å²) < 4.78 is 34.6. The van der Waals surface area contributed by atoms with Crippen molar-refractivity contribution in [3.63, 3.8) is 0 Å². The number of carbonyl (C=O) groups is 1. The minimum absolute atomic E-state index is 0.0463. The lowest BCUT2D eigenvalue weighted by atomic mass is 9.68. The lowest BCUT2D eigenvalue weighted by molar-refractivity contribution is 0.0454. The van der Waals surface area contributed by atoms with Crippen LogP contribution in [0.2, 0.25) is 5.02 Å². The summed E-state index contributed by atoms with van der Waals surface area (Å²) in [5.41, 5.74) is 3.12. The van der Waals surface area contributed by atoms with Crippen LogP contribution >= 0.6 is 11.6 Å². The highest BCUT2D eigenvalue weighted by Gasteiger charge is 2.44. The molecule has 10 heteroatoms. The molecule has 0 saturated heterocycles. The summed E-state index contributed by atoms with van der Waals surface area (Å²) in [5, 5.41) is 21.0. The van der Waals surface area contributed by atoms with Crippen molar-refractivity contribution in [2.75, 3.05) is 24.6 Å². The number of anilines is 1. The molecule has 0 aromatic heterocycles. The summed E-state index contributed by atoms with van der Waals surface area (Å²) in [6, 6.07) is 11.1. The maximum atomic E-state index is 13.2. The standard InChI is InChI=1S/C31H37ClN2O6S/c1-19-27(35)5-2-6-28(36)24-10-7-22(24)16-34-17-31(13-3-4-20-14-23(32)9-11-25(20)31)18-40-29-12-8-21(15-26(29)34)30(37)33-41(19,38)39/h2,6,8-9,11-12,14-15,19,22,24,27-28,35-36H,3-5,7,10,13,16-18H2,1H3,(H,33,37)/b6-2-/t19-,22-,24+,27-,28-,31-/m0/s1. The second-order valence-electron chi connectivity index (χ2n) is 12.2. The highest BCUT2D eigenvalue weighted by molar-refractivity contribution is 7.90. The number of benzene rings is 2. The molecule has 2 aromatic carbocycles. The summed E-state index contributed by atoms with van der Waals surface area (Å²) in [4.78, 5) is 15.5. The number of hydrogen-bond acceptors (Lipinski definition) is 7. The van der Waals surface area contributed by atoms with E-state index in [-0.39, 0.29) is 29.2 Å². The number of aliphatic hydroxyl groups excluding tert-OH is 2. The van der Waals surface area contributed by atoms with Gasteiger partial charge in [-0.2, -0.15) is 0 Å². The molecule has 6 atom stereocenters. The van der Waals surface area contributed by atoms with E-state index in [0.29, 0.717) is 25.4 Å². The Balaban J connectivity index is 1.42. The van der Waals surface area contributed by atoms with Gasteiger partial charge < -0.3 is 19.8 Å². The van der Waals surface area contributed by atoms with Gasteiger partial charge in [-0.15, -0.1) is 0 Å². The SMILES string of the molecule is C[C@H]1[C@@H](O)C/C=C\[C@H](O)[C@@H]2CC[C@H]2CN2C[C@@]3(CCCc4cc(Cl)ccc43)COc3ccc(cc32)C(=O)NS1(=O)=O. The van der Waals surface area contributed by atoms with Crippen LogP contribution in [0.5, 0.6) is 5.75 Å². The first kappa shape index (κ1) is 28.5. The monoisotopic (exact) mass is 600 g/mol. The predicted octanol–water partition coefficient (Wildman–Crippen LogP) is 3.97. The summed E-state index contributed by atoms with van der Waals surface area (Å²) in [6.45, 7) is 3.17. The van der Waals surface area contributed by atoms with Crippen molar-refractivity contribution >= 4 is 33.2 Å². The summed E-state index contributed by atoms with van der Waals surface area (Å²) in [7, 11) is -4.16. The number of ether oxygens (including phenoxy) is 1. The van der Waals surface area contributed by atoms with Gasteiger partial charge in [0.15, 0.2) is 0 Å². The molecule has 3 N–H and O–H groups in total. The Bertz CT molecular complexity index is 1480. The molecule has 41 heavy (non-hydrogen) atoms. The number of aryl methyl sites for hydroxylation is 1. The van der Waals surface area contributed by atoms with E-state index in [1.165, 1.54) is 18.1 Å². The number of carbonyl (C=O) groups excluding carboxylic acids is 1. The Kier molecular flexibility index (Phi) is 7.59. The number of hydrogen-bond donors (Lipinski definition) is 3. The average Bonchev–Trinajstić information content (AvgIpc) is 3.06. The lowest BCUT2D eigenvalue weighted by Gasteiger charge is -2.45. The Hall–Kier alpha value is -2.59. The molecule has 1 spiro atoms. The van der Waals surface area contributed by atoms with Gasteiger partial charge in [0, 0.05) is 29.1 Å². The molecule has 2 bridgehead atoms. The van der Waals surface area contributed by atoms with Crippen LogP contribution in [-0.4, -0.2) is 61.7 Å². The largest absolute Gasteiger partial charge is 0.490 e. The third kappa shape index (κ3) is 5.38. The van der Waals surface area contributed by atoms with Gasteiger partial charge >= 0.3 is 0 Å². The second kappa shape index (κ2) is 10.9. The molecule has 2 aliphatic carbocycles. The van der Waals surface area contributed by atoms with Crippen LogP contribution < -0.4 is 14.4 Å². The minimum atomic E-state index is -4.16. The Morgan fingerprint density at radius 2 is 1.98 bits per heavy atom. The van der Waals surface area contributed by atoms with Crippen LogP contribution in [0.4, 0.5) is 5.69 Å². The molecule has 2 aliphatic heterocycles. The first-order valence-corrected chi connectivity index (χ1v) is 16.4. The Morgan fingerprint density at radius 1 is 1.15 bits per heavy atom. The molecule has 0 radical (unpaired) electrons. The number of rotatable bonds is 0. The van der Waals surface area contributed by atoms with Gasteiger partial charge in [-0.25, -0.2) is 13.1 Å². The average molecular weight is 601 g/mol. The van der Waals surface area contributed by atoms with E-state index in [9.17, 15) is 23.4 Å². The highest BCUT2D eigenvalue weighted by atomic mass is 35.5. The molecule has 2 heterocycles. The van der Waals surface area contributed by atoms with Gasteiger partial charge in [0.05, 0.1) is 24.5 Å². The van der Waals surface area contributed by atoms with Crippen LogP contribution in [0.25, 0.3) is 0 Å². The molecular weight excluding hydrogens is 564 g/mol. The molecule has 2 aromatic rings. The summed E-state index contributed by atoms with van der Waals surface area (Å²) in [6.07, 6.45) is 6.21. The molecule has 1 amide bonds. The van der Waals surface area contributed by atoms with Crippen molar-refractivity contribution in [1.29, 1.82) is 0 Å². The topological polar surface area (TPSA) is 116 Å². The smallest absolute Gasteiger partial charge is 0.264 e. The first-order valence-electron chi connectivity index (χ1n) is 14.5. The number of sulfonamides is 1. The molecule has 8 nitrogen and oxygen atoms in total. The Morgan fingerprint density at radius 3 is 2.76 bits per heavy atom. The molecule has 1 saturated carbocycles. The normalized spacial score (nSPS) is 33.8. The number of amides is 1. The Labute approximate surface area is 246 Å². The van der Waals surface area contributed by atoms with E-state index >= 15 is 0 Å². The molecule has 6 rings (SSSR count). The highest BCUT2D eigenvalue weighted by Crippen LogP contribution is 2.46. The molecular formula is C31H37ClN2O6S. The fourth-order valence-electron chi connectivity index (χ4n) is 6.99. The van der Waals surface area contributed by atoms with Crippen LogP contribution in [0.15, 0.2) is 48.6 Å². The van der Waals surface area contributed by atoms with E-state index < -0.39 is 33.4 Å². The lowest BCUT2D eigenvalue weighted by Crippen LogP contribution is -2.49. The van der Waals surface area contributed by atoms with Crippen LogP contribution in [0.1, 0.15) is 60.5 Å². The van der Waals surface area contributed by atoms with Crippen LogP contribution in [-0.2, 0) is 21.9 Å². The third-order valence-electron chi connectivity index (χ3n) is 9.65. The maximum Gasteiger partial charge on any atom is 0.264 e. The zero-order valence-electron chi connectivity index (χ0n) is 23.1. The third-order valence-corrected chi connectivity index (χ3v) is 11.6. The number of nitrogens with zero attached hydrogens (tertiary/aromatic N) is 1. The number of halogens is 1. The van der Waals surface area contributed by atoms with E-state index in [2.05, 4.69) is 21.8 Å². The van der Waals surface area contributed by atoms with Crippen LogP contribution in [0, 0.1) is 11.8 Å². The van der Waals surface area contributed by atoms with E-state index in [4.69, 9.17) is 16.3 Å². The minimum Gasteiger partial charge on any atom is -0.490 e. The summed E-state index contributed by atoms with van der Waals surface area (Å²) >= 11 is 6.36. The molecule has 1 fully saturated rings. The van der Waals surface area contributed by atoms with Gasteiger partial charge in [-0.1, -0.05) is 29.8 Å². The van der Waals surface area contributed by atoms with Crippen molar-refractivity contribution in [2.24, 2.45) is 11.8 Å². The van der Waals surface area contributed by atoms with Crippen molar-refractivity contribution in [1.82, 2.24) is 4.72 Å². The fourth-order valence-corrected chi connectivity index (χ4v) is 8.27. The maximum absolute atomic E-state index is 13.2. The van der Waals surface area contributed by atoms with E-state index in [1.54, 1.807) is 30.4 Å². The number of fused-ring (bicyclic) bond motifs is 4. The van der Waals surface area contributed by atoms with Crippen molar-refractivity contribution in [2.45, 2.75) is 68.3 Å². The van der Waals surface area contributed by atoms with Gasteiger partial charge in [0.2, 0.25) is 10.0 Å². The van der Waals surface area contributed by atoms with Gasteiger partial charge in [-0.05, 0) is 98.7 Å². The van der Waals surface area contributed by atoms with Crippen molar-refractivity contribution in [3.05, 3.63) is 70.3 Å².